The van der Waals surface area contributed by atoms with Crippen molar-refractivity contribution in [1.29, 1.82) is 0 Å². The van der Waals surface area contributed by atoms with Crippen molar-refractivity contribution in [2.24, 2.45) is 17.8 Å². The first-order valence-corrected chi connectivity index (χ1v) is 13.5. The van der Waals surface area contributed by atoms with Crippen LogP contribution >= 0.6 is 11.8 Å². The third-order valence-corrected chi connectivity index (χ3v) is 10.1. The van der Waals surface area contributed by atoms with Crippen LogP contribution in [0.4, 0.5) is 5.69 Å². The van der Waals surface area contributed by atoms with Gasteiger partial charge < -0.3 is 20.6 Å². The number of carbonyl (C=O) groups excluding carboxylic acids is 3. The van der Waals surface area contributed by atoms with Gasteiger partial charge in [0.25, 0.3) is 0 Å². The molecule has 0 aliphatic carbocycles. The highest BCUT2D eigenvalue weighted by atomic mass is 32.2. The second kappa shape index (κ2) is 9.11. The Kier molecular flexibility index (Phi) is 6.77. The van der Waals surface area contributed by atoms with Gasteiger partial charge in [-0.05, 0) is 58.6 Å². The minimum Gasteiger partial charge on any atom is -0.394 e. The largest absolute Gasteiger partial charge is 0.394 e. The lowest BCUT2D eigenvalue weighted by molar-refractivity contribution is -0.144. The summed E-state index contributed by atoms with van der Waals surface area (Å²) in [5.41, 5.74) is 0.223. The number of para-hydroxylation sites is 1. The van der Waals surface area contributed by atoms with E-state index in [2.05, 4.69) is 17.6 Å². The zero-order chi connectivity index (χ0) is 25.8. The Morgan fingerprint density at radius 1 is 1.20 bits per heavy atom. The molecule has 35 heavy (non-hydrogen) atoms. The molecule has 4 rings (SSSR count). The molecular formula is C27H39N3O4S. The van der Waals surface area contributed by atoms with Crippen LogP contribution in [0.5, 0.6) is 0 Å². The lowest BCUT2D eigenvalue weighted by atomic mass is 9.66. The summed E-state index contributed by atoms with van der Waals surface area (Å²) in [6.07, 6.45) is 2.22. The molecule has 2 bridgehead atoms. The summed E-state index contributed by atoms with van der Waals surface area (Å²) in [4.78, 5) is 43.4. The Hall–Kier alpha value is -2.06. The van der Waals surface area contributed by atoms with Gasteiger partial charge in [0.05, 0.1) is 29.2 Å². The van der Waals surface area contributed by atoms with Crippen LogP contribution in [0, 0.1) is 17.8 Å². The molecule has 1 aromatic rings. The van der Waals surface area contributed by atoms with Crippen molar-refractivity contribution in [3.63, 3.8) is 0 Å². The van der Waals surface area contributed by atoms with E-state index >= 15 is 0 Å². The lowest BCUT2D eigenvalue weighted by Gasteiger charge is -2.40. The van der Waals surface area contributed by atoms with Crippen LogP contribution in [-0.2, 0) is 14.4 Å². The van der Waals surface area contributed by atoms with Gasteiger partial charge in [0, 0.05) is 16.0 Å². The molecule has 1 spiro atoms. The standard InChI is InChI=1S/C27H39N3O4S/c1-7-16(2)18(15-31)30-21(23(33)29-25(3,4)5)27-14-13-26(6,35-27)19(20(27)24(30)34)22(32)28-17-11-9-8-10-12-17/h8-12,16,18-21,31H,7,13-15H2,1-6H3,(H,28,32)(H,29,33)/t16-,18-,19+,20-,21?,26-,27?/m0/s1. The molecule has 3 aliphatic heterocycles. The average molecular weight is 502 g/mol. The van der Waals surface area contributed by atoms with Crippen LogP contribution in [-0.4, -0.2) is 61.5 Å². The number of benzene rings is 1. The van der Waals surface area contributed by atoms with Gasteiger partial charge in [-0.25, -0.2) is 0 Å². The van der Waals surface area contributed by atoms with Gasteiger partial charge in [0.1, 0.15) is 6.04 Å². The van der Waals surface area contributed by atoms with E-state index in [1.54, 1.807) is 16.7 Å². The van der Waals surface area contributed by atoms with E-state index in [-0.39, 0.29) is 30.2 Å². The first-order chi connectivity index (χ1) is 16.4. The summed E-state index contributed by atoms with van der Waals surface area (Å²) in [7, 11) is 0. The van der Waals surface area contributed by atoms with Crippen LogP contribution in [0.2, 0.25) is 0 Å². The van der Waals surface area contributed by atoms with Gasteiger partial charge in [0.15, 0.2) is 0 Å². The van der Waals surface area contributed by atoms with E-state index in [1.807, 2.05) is 65.0 Å². The lowest BCUT2D eigenvalue weighted by Crippen LogP contribution is -2.60. The zero-order valence-electron chi connectivity index (χ0n) is 21.6. The number of fused-ring (bicyclic) bond motifs is 1. The predicted molar refractivity (Wildman–Crippen MR) is 139 cm³/mol. The smallest absolute Gasteiger partial charge is 0.244 e. The number of rotatable bonds is 7. The molecule has 3 fully saturated rings. The van der Waals surface area contributed by atoms with Gasteiger partial charge >= 0.3 is 0 Å². The zero-order valence-corrected chi connectivity index (χ0v) is 22.4. The third kappa shape index (κ3) is 4.26. The first-order valence-electron chi connectivity index (χ1n) is 12.7. The van der Waals surface area contributed by atoms with Gasteiger partial charge in [-0.3, -0.25) is 14.4 Å². The SMILES string of the molecule is CC[C@H](C)[C@H](CO)N1C(=O)[C@@H]2[C@H](C(=O)Nc3ccccc3)[C@]3(C)CCC2(S3)C1C(=O)NC(C)(C)C. The quantitative estimate of drug-likeness (QED) is 0.532. The number of amides is 3. The fraction of sp³-hybridized carbons (Fsp3) is 0.667. The molecule has 192 valence electrons. The summed E-state index contributed by atoms with van der Waals surface area (Å²) in [6, 6.07) is 8.08. The second-order valence-electron chi connectivity index (χ2n) is 11.7. The molecule has 0 radical (unpaired) electrons. The molecule has 3 saturated heterocycles. The highest BCUT2D eigenvalue weighted by Gasteiger charge is 2.77. The molecule has 2 unspecified atom stereocenters. The monoisotopic (exact) mass is 501 g/mol. The second-order valence-corrected chi connectivity index (χ2v) is 13.6. The van der Waals surface area contributed by atoms with Gasteiger partial charge in [-0.1, -0.05) is 38.5 Å². The normalized spacial score (nSPS) is 33.4. The van der Waals surface area contributed by atoms with Crippen LogP contribution in [0.1, 0.15) is 60.8 Å². The highest BCUT2D eigenvalue weighted by Crippen LogP contribution is 2.71. The molecule has 3 aliphatic rings. The number of aliphatic hydroxyl groups excluding tert-OH is 1. The van der Waals surface area contributed by atoms with Gasteiger partial charge in [-0.2, -0.15) is 0 Å². The third-order valence-electron chi connectivity index (χ3n) is 8.13. The number of anilines is 1. The number of nitrogens with zero attached hydrogens (tertiary/aromatic N) is 1. The molecule has 3 heterocycles. The van der Waals surface area contributed by atoms with Crippen LogP contribution in [0.3, 0.4) is 0 Å². The summed E-state index contributed by atoms with van der Waals surface area (Å²) in [6.45, 7) is 11.7. The molecular weight excluding hydrogens is 462 g/mol. The minimum atomic E-state index is -0.730. The van der Waals surface area contributed by atoms with Crippen LogP contribution in [0.25, 0.3) is 0 Å². The van der Waals surface area contributed by atoms with Gasteiger partial charge in [-0.15, -0.1) is 11.8 Å². The Balaban J connectivity index is 1.78. The van der Waals surface area contributed by atoms with Crippen LogP contribution < -0.4 is 10.6 Å². The number of hydrogen-bond donors (Lipinski definition) is 3. The van der Waals surface area contributed by atoms with E-state index in [0.717, 1.165) is 12.8 Å². The summed E-state index contributed by atoms with van der Waals surface area (Å²) < 4.78 is -1.13. The predicted octanol–water partition coefficient (Wildman–Crippen LogP) is 3.43. The van der Waals surface area contributed by atoms with Crippen molar-refractivity contribution in [3.05, 3.63) is 30.3 Å². The topological polar surface area (TPSA) is 98.7 Å². The maximum atomic E-state index is 14.2. The van der Waals surface area contributed by atoms with Crippen molar-refractivity contribution in [1.82, 2.24) is 10.2 Å². The van der Waals surface area contributed by atoms with E-state index in [4.69, 9.17) is 0 Å². The van der Waals surface area contributed by atoms with Crippen molar-refractivity contribution in [2.45, 2.75) is 87.9 Å². The number of likely N-dealkylation sites (tertiary alicyclic amines) is 1. The summed E-state index contributed by atoms with van der Waals surface area (Å²) >= 11 is 1.65. The van der Waals surface area contributed by atoms with E-state index < -0.39 is 39.0 Å². The highest BCUT2D eigenvalue weighted by molar-refractivity contribution is 8.02. The molecule has 7 atom stereocenters. The molecule has 7 nitrogen and oxygen atoms in total. The number of nitrogens with one attached hydrogen (secondary N) is 2. The molecule has 0 aromatic heterocycles. The Morgan fingerprint density at radius 3 is 2.43 bits per heavy atom. The molecule has 3 amide bonds. The fourth-order valence-corrected chi connectivity index (χ4v) is 8.76. The van der Waals surface area contributed by atoms with E-state index in [1.165, 1.54) is 0 Å². The maximum absolute atomic E-state index is 14.2. The minimum absolute atomic E-state index is 0.0125. The van der Waals surface area contributed by atoms with Crippen molar-refractivity contribution >= 4 is 35.2 Å². The Bertz CT molecular complexity index is 996. The first kappa shape index (κ1) is 26.0. The maximum Gasteiger partial charge on any atom is 0.244 e. The van der Waals surface area contributed by atoms with Crippen molar-refractivity contribution in [3.8, 4) is 0 Å². The van der Waals surface area contributed by atoms with Crippen LogP contribution in [0.15, 0.2) is 30.3 Å². The molecule has 1 aromatic carbocycles. The fourth-order valence-electron chi connectivity index (χ4n) is 6.42. The van der Waals surface area contributed by atoms with E-state index in [0.29, 0.717) is 12.1 Å². The number of aliphatic hydroxyl groups is 1. The Morgan fingerprint density at radius 2 is 1.86 bits per heavy atom. The molecule has 0 saturated carbocycles. The number of hydrogen-bond acceptors (Lipinski definition) is 5. The van der Waals surface area contributed by atoms with Crippen molar-refractivity contribution in [2.75, 3.05) is 11.9 Å². The van der Waals surface area contributed by atoms with E-state index in [9.17, 15) is 19.5 Å². The number of carbonyl (C=O) groups is 3. The van der Waals surface area contributed by atoms with Gasteiger partial charge in [0.2, 0.25) is 17.7 Å². The number of thioether (sulfide) groups is 1. The molecule has 8 heteroatoms. The summed E-state index contributed by atoms with van der Waals surface area (Å²) in [5.74, 6) is -1.70. The summed E-state index contributed by atoms with van der Waals surface area (Å²) in [5, 5.41) is 16.5. The Labute approximate surface area is 212 Å². The molecule has 3 N–H and O–H groups in total. The van der Waals surface area contributed by atoms with Crippen molar-refractivity contribution < 1.29 is 19.5 Å². The average Bonchev–Trinajstić information content (AvgIpc) is 3.35.